The van der Waals surface area contributed by atoms with Crippen molar-refractivity contribution in [2.75, 3.05) is 0 Å². The smallest absolute Gasteiger partial charge is 0.312 e. The maximum absolute atomic E-state index is 12.4. The molecule has 1 aromatic rings. The van der Waals surface area contributed by atoms with Crippen LogP contribution in [0.2, 0.25) is 0 Å². The molecule has 0 spiro atoms. The molecule has 0 aromatic heterocycles. The monoisotopic (exact) mass is 334 g/mol. The fourth-order valence-corrected chi connectivity index (χ4v) is 3.11. The fourth-order valence-electron chi connectivity index (χ4n) is 3.11. The molecule has 0 radical (unpaired) electrons. The minimum Gasteiger partial charge on any atom is -0.437 e. The predicted molar refractivity (Wildman–Crippen MR) is 101 cm³/mol. The largest absolute Gasteiger partial charge is 0.437 e. The summed E-state index contributed by atoms with van der Waals surface area (Å²) in [4.78, 5) is 12.4. The molecule has 1 saturated carbocycles. The number of carbonyl (C=O) groups is 1. The van der Waals surface area contributed by atoms with E-state index in [2.05, 4.69) is 49.8 Å². The minimum atomic E-state index is -0.771. The summed E-state index contributed by atoms with van der Waals surface area (Å²) in [5.41, 5.74) is 2.37. The molecule has 1 aromatic carbocycles. The van der Waals surface area contributed by atoms with E-state index in [-0.39, 0.29) is 23.2 Å². The van der Waals surface area contributed by atoms with E-state index in [1.54, 1.807) is 0 Å². The number of hydrogen-bond donors (Lipinski definition) is 0. The van der Waals surface area contributed by atoms with E-state index < -0.39 is 6.10 Å². The maximum Gasteiger partial charge on any atom is 0.312 e. The van der Waals surface area contributed by atoms with Gasteiger partial charge in [0, 0.05) is 6.42 Å². The van der Waals surface area contributed by atoms with E-state index in [0.717, 1.165) is 6.42 Å². The Hall–Kier alpha value is -2.45. The van der Waals surface area contributed by atoms with Crippen molar-refractivity contribution in [1.82, 2.24) is 0 Å². The molecule has 25 heavy (non-hydrogen) atoms. The third-order valence-corrected chi connectivity index (χ3v) is 4.68. The molecule has 0 heterocycles. The number of esters is 1. The van der Waals surface area contributed by atoms with Crippen molar-refractivity contribution >= 4 is 5.97 Å². The van der Waals surface area contributed by atoms with Gasteiger partial charge in [-0.05, 0) is 49.0 Å². The van der Waals surface area contributed by atoms with Crippen molar-refractivity contribution in [2.24, 2.45) is 17.3 Å². The highest BCUT2D eigenvalue weighted by Crippen LogP contribution is 2.59. The van der Waals surface area contributed by atoms with Gasteiger partial charge in [-0.2, -0.15) is 0 Å². The Morgan fingerprint density at radius 1 is 1.32 bits per heavy atom. The molecule has 0 bridgehead atoms. The Morgan fingerprint density at radius 3 is 2.60 bits per heavy atom. The zero-order valence-corrected chi connectivity index (χ0v) is 15.5. The number of terminal acetylenes is 1. The number of aryl methyl sites for hydroxylation is 1. The number of ether oxygens (including phenoxy) is 1. The molecular formula is C23H26O2. The summed E-state index contributed by atoms with van der Waals surface area (Å²) >= 11 is 0. The van der Waals surface area contributed by atoms with Crippen molar-refractivity contribution in [2.45, 2.75) is 46.6 Å². The van der Waals surface area contributed by atoms with Crippen LogP contribution in [0.5, 0.6) is 0 Å². The van der Waals surface area contributed by atoms with Crippen LogP contribution in [0.15, 0.2) is 42.0 Å². The molecule has 130 valence electrons. The highest BCUT2D eigenvalue weighted by molar-refractivity contribution is 5.79. The van der Waals surface area contributed by atoms with Crippen molar-refractivity contribution < 1.29 is 9.53 Å². The summed E-state index contributed by atoms with van der Waals surface area (Å²) in [6.45, 7) is 8.25. The molecule has 2 nitrogen and oxygen atoms in total. The molecule has 0 amide bonds. The lowest BCUT2D eigenvalue weighted by Gasteiger charge is -2.07. The summed E-state index contributed by atoms with van der Waals surface area (Å²) in [7, 11) is 0. The standard InChI is InChI=1S/C23H26O2/c1-6-19(15-11-10-14-18-12-8-7-9-13-18)25-22(24)21-20(16-17(2)3)23(21,4)5/h1,7-9,12-13,16,19-21H,10,14H2,2-5H3. The van der Waals surface area contributed by atoms with Crippen LogP contribution in [-0.4, -0.2) is 12.1 Å². The van der Waals surface area contributed by atoms with Gasteiger partial charge in [0.15, 0.2) is 0 Å². The molecule has 3 unspecified atom stereocenters. The number of rotatable bonds is 5. The SMILES string of the molecule is C#CC(C#CCCc1ccccc1)OC(=O)C1C(C=C(C)C)C1(C)C. The van der Waals surface area contributed by atoms with E-state index in [1.807, 2.05) is 32.0 Å². The van der Waals surface area contributed by atoms with Crippen LogP contribution in [-0.2, 0) is 16.0 Å². The first kappa shape index (κ1) is 18.9. The molecule has 0 saturated heterocycles. The Kier molecular flexibility index (Phi) is 6.11. The van der Waals surface area contributed by atoms with Crippen LogP contribution in [0.25, 0.3) is 0 Å². The number of carbonyl (C=O) groups excluding carboxylic acids is 1. The molecule has 0 aliphatic heterocycles. The van der Waals surface area contributed by atoms with Crippen molar-refractivity contribution in [3.63, 3.8) is 0 Å². The van der Waals surface area contributed by atoms with Crippen molar-refractivity contribution in [1.29, 1.82) is 0 Å². The van der Waals surface area contributed by atoms with Gasteiger partial charge in [-0.1, -0.05) is 61.7 Å². The molecule has 1 aliphatic rings. The molecule has 1 fully saturated rings. The van der Waals surface area contributed by atoms with Crippen molar-refractivity contribution in [3.05, 3.63) is 47.5 Å². The van der Waals surface area contributed by atoms with Crippen LogP contribution in [0.3, 0.4) is 0 Å². The van der Waals surface area contributed by atoms with Gasteiger partial charge in [-0.3, -0.25) is 4.79 Å². The van der Waals surface area contributed by atoms with Crippen LogP contribution < -0.4 is 0 Å². The molecule has 3 atom stereocenters. The van der Waals surface area contributed by atoms with Gasteiger partial charge in [0.2, 0.25) is 6.10 Å². The quantitative estimate of drug-likeness (QED) is 0.453. The van der Waals surface area contributed by atoms with E-state index in [4.69, 9.17) is 11.2 Å². The second-order valence-corrected chi connectivity index (χ2v) is 7.36. The number of hydrogen-bond acceptors (Lipinski definition) is 2. The lowest BCUT2D eigenvalue weighted by atomic mass is 10.1. The fraction of sp³-hybridized carbons (Fsp3) is 0.435. The number of allylic oxidation sites excluding steroid dienone is 2. The Balaban J connectivity index is 1.88. The van der Waals surface area contributed by atoms with Gasteiger partial charge < -0.3 is 4.74 Å². The van der Waals surface area contributed by atoms with Gasteiger partial charge in [0.05, 0.1) is 5.92 Å². The molecule has 2 heteroatoms. The lowest BCUT2D eigenvalue weighted by Crippen LogP contribution is -2.18. The van der Waals surface area contributed by atoms with Gasteiger partial charge in [-0.25, -0.2) is 0 Å². The summed E-state index contributed by atoms with van der Waals surface area (Å²) in [5, 5.41) is 0. The Bertz CT molecular complexity index is 734. The Labute approximate surface area is 151 Å². The van der Waals surface area contributed by atoms with Crippen LogP contribution in [0, 0.1) is 41.4 Å². The summed E-state index contributed by atoms with van der Waals surface area (Å²) in [6, 6.07) is 10.1. The van der Waals surface area contributed by atoms with Crippen LogP contribution in [0.1, 0.15) is 39.7 Å². The zero-order chi connectivity index (χ0) is 18.4. The van der Waals surface area contributed by atoms with E-state index in [0.29, 0.717) is 6.42 Å². The topological polar surface area (TPSA) is 26.3 Å². The highest BCUT2D eigenvalue weighted by atomic mass is 16.5. The minimum absolute atomic E-state index is 0.0752. The summed E-state index contributed by atoms with van der Waals surface area (Å²) in [6.07, 6.45) is 8.39. The second-order valence-electron chi connectivity index (χ2n) is 7.36. The first-order valence-corrected chi connectivity index (χ1v) is 8.70. The molecule has 1 aliphatic carbocycles. The lowest BCUT2D eigenvalue weighted by molar-refractivity contribution is -0.147. The van der Waals surface area contributed by atoms with Crippen molar-refractivity contribution in [3.8, 4) is 24.2 Å². The average Bonchev–Trinajstić information content (AvgIpc) is 3.10. The Morgan fingerprint density at radius 2 is 2.00 bits per heavy atom. The summed E-state index contributed by atoms with van der Waals surface area (Å²) < 4.78 is 5.45. The third kappa shape index (κ3) is 5.01. The van der Waals surface area contributed by atoms with Gasteiger partial charge in [-0.15, -0.1) is 6.42 Å². The summed E-state index contributed by atoms with van der Waals surface area (Å²) in [5.74, 6) is 8.23. The van der Waals surface area contributed by atoms with E-state index in [9.17, 15) is 4.79 Å². The zero-order valence-electron chi connectivity index (χ0n) is 15.5. The third-order valence-electron chi connectivity index (χ3n) is 4.68. The van der Waals surface area contributed by atoms with Gasteiger partial charge in [0.25, 0.3) is 0 Å². The molecule has 2 rings (SSSR count). The first-order valence-electron chi connectivity index (χ1n) is 8.70. The molecule has 0 N–H and O–H groups in total. The normalized spacial score (nSPS) is 21.1. The van der Waals surface area contributed by atoms with Crippen LogP contribution in [0.4, 0.5) is 0 Å². The van der Waals surface area contributed by atoms with E-state index in [1.165, 1.54) is 11.1 Å². The highest BCUT2D eigenvalue weighted by Gasteiger charge is 2.61. The second kappa shape index (κ2) is 8.09. The molecular weight excluding hydrogens is 308 g/mol. The van der Waals surface area contributed by atoms with Crippen LogP contribution >= 0.6 is 0 Å². The van der Waals surface area contributed by atoms with Gasteiger partial charge in [0.1, 0.15) is 0 Å². The maximum atomic E-state index is 12.4. The van der Waals surface area contributed by atoms with Gasteiger partial charge >= 0.3 is 5.97 Å². The van der Waals surface area contributed by atoms with E-state index >= 15 is 0 Å². The first-order chi connectivity index (χ1) is 11.9. The predicted octanol–water partition coefficient (Wildman–Crippen LogP) is 4.41. The average molecular weight is 334 g/mol. The number of benzene rings is 1.